The van der Waals surface area contributed by atoms with Crippen molar-refractivity contribution in [1.82, 2.24) is 25.2 Å². The fourth-order valence-electron chi connectivity index (χ4n) is 3.12. The smallest absolute Gasteiger partial charge is 0.278 e. The Morgan fingerprint density at radius 2 is 2.04 bits per heavy atom. The number of rotatable bonds is 8. The third-order valence-corrected chi connectivity index (χ3v) is 5.30. The fraction of sp³-hybridized carbons (Fsp3) is 0.368. The molecule has 2 aromatic heterocycles. The summed E-state index contributed by atoms with van der Waals surface area (Å²) in [7, 11) is 0. The Bertz CT molecular complexity index is 950. The number of nitrogens with zero attached hydrogens (tertiary/aromatic N) is 4. The number of likely N-dealkylation sites (N-methyl/N-ethyl adjacent to an activating group) is 1. The Hall–Kier alpha value is -2.58. The maximum atomic E-state index is 12.5. The summed E-state index contributed by atoms with van der Waals surface area (Å²) < 4.78 is 1.11. The fourth-order valence-corrected chi connectivity index (χ4v) is 3.82. The van der Waals surface area contributed by atoms with E-state index in [1.807, 2.05) is 5.38 Å². The van der Waals surface area contributed by atoms with E-state index in [4.69, 9.17) is 0 Å². The number of carbonyl (C=O) groups is 1. The van der Waals surface area contributed by atoms with E-state index >= 15 is 0 Å². The Kier molecular flexibility index (Phi) is 6.31. The van der Waals surface area contributed by atoms with E-state index < -0.39 is 0 Å². The van der Waals surface area contributed by atoms with Crippen LogP contribution in [0, 0.1) is 0 Å². The Morgan fingerprint density at radius 3 is 2.74 bits per heavy atom. The van der Waals surface area contributed by atoms with Crippen LogP contribution in [-0.4, -0.2) is 45.4 Å². The number of fused-ring (bicyclic) bond motifs is 1. The minimum absolute atomic E-state index is 0.106. The summed E-state index contributed by atoms with van der Waals surface area (Å²) in [6.07, 6.45) is 0. The van der Waals surface area contributed by atoms with Gasteiger partial charge in [-0.05, 0) is 47.6 Å². The van der Waals surface area contributed by atoms with Gasteiger partial charge in [-0.3, -0.25) is 14.5 Å². The molecule has 0 aliphatic heterocycles. The number of amides is 1. The van der Waals surface area contributed by atoms with Gasteiger partial charge in [0.25, 0.3) is 5.56 Å². The molecule has 27 heavy (non-hydrogen) atoms. The van der Waals surface area contributed by atoms with E-state index in [2.05, 4.69) is 45.8 Å². The van der Waals surface area contributed by atoms with Crippen molar-refractivity contribution in [2.24, 2.45) is 0 Å². The van der Waals surface area contributed by atoms with E-state index in [1.54, 1.807) is 35.6 Å². The minimum atomic E-state index is -0.311. The van der Waals surface area contributed by atoms with Crippen LogP contribution >= 0.6 is 11.3 Å². The van der Waals surface area contributed by atoms with Gasteiger partial charge < -0.3 is 5.32 Å². The molecule has 7 nitrogen and oxygen atoms in total. The van der Waals surface area contributed by atoms with Gasteiger partial charge in [0, 0.05) is 6.54 Å². The summed E-state index contributed by atoms with van der Waals surface area (Å²) >= 11 is 1.64. The van der Waals surface area contributed by atoms with Crippen LogP contribution in [0.5, 0.6) is 0 Å². The Labute approximate surface area is 161 Å². The van der Waals surface area contributed by atoms with E-state index in [1.165, 1.54) is 5.56 Å². The second-order valence-electron chi connectivity index (χ2n) is 6.17. The van der Waals surface area contributed by atoms with Crippen molar-refractivity contribution < 1.29 is 4.79 Å². The molecule has 1 aromatic carbocycles. The van der Waals surface area contributed by atoms with Crippen LogP contribution in [0.4, 0.5) is 0 Å². The van der Waals surface area contributed by atoms with Gasteiger partial charge in [0.05, 0.1) is 11.4 Å². The molecule has 8 heteroatoms. The molecule has 0 aliphatic carbocycles. The topological polar surface area (TPSA) is 80.1 Å². The van der Waals surface area contributed by atoms with Crippen LogP contribution in [0.2, 0.25) is 0 Å². The maximum absolute atomic E-state index is 12.5. The van der Waals surface area contributed by atoms with Gasteiger partial charge in [-0.25, -0.2) is 4.68 Å². The molecular weight excluding hydrogens is 362 g/mol. The average Bonchev–Trinajstić information content (AvgIpc) is 3.22. The molecule has 0 aliphatic rings. The zero-order chi connectivity index (χ0) is 19.2. The molecule has 1 unspecified atom stereocenters. The van der Waals surface area contributed by atoms with Crippen LogP contribution in [0.15, 0.2) is 45.9 Å². The summed E-state index contributed by atoms with van der Waals surface area (Å²) in [6.45, 7) is 6.33. The summed E-state index contributed by atoms with van der Waals surface area (Å²) in [5, 5.41) is 15.4. The third-order valence-electron chi connectivity index (χ3n) is 4.60. The molecule has 0 saturated heterocycles. The first-order chi connectivity index (χ1) is 13.1. The van der Waals surface area contributed by atoms with Gasteiger partial charge in [0.15, 0.2) is 0 Å². The average molecular weight is 385 g/mol. The number of hydrogen-bond donors (Lipinski definition) is 1. The largest absolute Gasteiger partial charge is 0.353 e. The van der Waals surface area contributed by atoms with Crippen molar-refractivity contribution in [2.75, 3.05) is 19.6 Å². The molecule has 1 atom stereocenters. The van der Waals surface area contributed by atoms with E-state index in [0.29, 0.717) is 17.4 Å². The van der Waals surface area contributed by atoms with Crippen molar-refractivity contribution in [2.45, 2.75) is 26.4 Å². The zero-order valence-corrected chi connectivity index (χ0v) is 16.3. The van der Waals surface area contributed by atoms with Gasteiger partial charge in [0.1, 0.15) is 12.1 Å². The quantitative estimate of drug-likeness (QED) is 0.642. The van der Waals surface area contributed by atoms with Gasteiger partial charge in [-0.15, -0.1) is 5.10 Å². The number of carbonyl (C=O) groups excluding carboxylic acids is 1. The normalized spacial score (nSPS) is 12.4. The summed E-state index contributed by atoms with van der Waals surface area (Å²) in [6, 6.07) is 9.17. The molecule has 2 heterocycles. The summed E-state index contributed by atoms with van der Waals surface area (Å²) in [5.41, 5.74) is 1.40. The zero-order valence-electron chi connectivity index (χ0n) is 15.5. The van der Waals surface area contributed by atoms with Crippen LogP contribution in [-0.2, 0) is 11.3 Å². The highest BCUT2D eigenvalue weighted by atomic mass is 32.1. The molecule has 1 N–H and O–H groups in total. The monoisotopic (exact) mass is 385 g/mol. The first-order valence-electron chi connectivity index (χ1n) is 8.99. The molecule has 3 rings (SSSR count). The molecule has 3 aromatic rings. The van der Waals surface area contributed by atoms with Crippen molar-refractivity contribution in [3.8, 4) is 0 Å². The standard InChI is InChI=1S/C19H23N5O2S/c1-3-23(4-2)17(14-9-10-27-13-14)11-20-18(25)12-24-19(26)15-7-5-6-8-16(15)21-22-24/h5-10,13,17H,3-4,11-12H2,1-2H3,(H,20,25). The molecule has 0 bridgehead atoms. The lowest BCUT2D eigenvalue weighted by Gasteiger charge is -2.29. The highest BCUT2D eigenvalue weighted by Crippen LogP contribution is 2.22. The lowest BCUT2D eigenvalue weighted by atomic mass is 10.1. The van der Waals surface area contributed by atoms with Gasteiger partial charge in [-0.2, -0.15) is 11.3 Å². The SMILES string of the molecule is CCN(CC)C(CNC(=O)Cn1nnc2ccccc2c1=O)c1ccsc1. The highest BCUT2D eigenvalue weighted by molar-refractivity contribution is 7.07. The van der Waals surface area contributed by atoms with E-state index in [9.17, 15) is 9.59 Å². The van der Waals surface area contributed by atoms with Gasteiger partial charge in [0.2, 0.25) is 5.91 Å². The predicted octanol–water partition coefficient (Wildman–Crippen LogP) is 2.05. The van der Waals surface area contributed by atoms with Crippen LogP contribution in [0.1, 0.15) is 25.5 Å². The van der Waals surface area contributed by atoms with E-state index in [-0.39, 0.29) is 24.1 Å². The molecule has 0 saturated carbocycles. The number of nitrogens with one attached hydrogen (secondary N) is 1. The minimum Gasteiger partial charge on any atom is -0.353 e. The summed E-state index contributed by atoms with van der Waals surface area (Å²) in [4.78, 5) is 27.2. The molecule has 0 spiro atoms. The molecule has 1 amide bonds. The van der Waals surface area contributed by atoms with Crippen LogP contribution in [0.3, 0.4) is 0 Å². The second kappa shape index (κ2) is 8.88. The third kappa shape index (κ3) is 4.40. The van der Waals surface area contributed by atoms with Crippen molar-refractivity contribution in [3.05, 3.63) is 57.0 Å². The van der Waals surface area contributed by atoms with Gasteiger partial charge >= 0.3 is 0 Å². The number of thiophene rings is 1. The van der Waals surface area contributed by atoms with Crippen molar-refractivity contribution >= 4 is 28.1 Å². The Balaban J connectivity index is 1.70. The maximum Gasteiger partial charge on any atom is 0.278 e. The molecule has 0 radical (unpaired) electrons. The van der Waals surface area contributed by atoms with Crippen molar-refractivity contribution in [1.29, 1.82) is 0 Å². The lowest BCUT2D eigenvalue weighted by molar-refractivity contribution is -0.122. The Morgan fingerprint density at radius 1 is 1.26 bits per heavy atom. The second-order valence-corrected chi connectivity index (χ2v) is 6.95. The molecular formula is C19H23N5O2S. The lowest BCUT2D eigenvalue weighted by Crippen LogP contribution is -2.40. The molecule has 0 fully saturated rings. The molecule has 142 valence electrons. The first-order valence-corrected chi connectivity index (χ1v) is 9.93. The first kappa shape index (κ1) is 19.2. The van der Waals surface area contributed by atoms with Crippen LogP contribution < -0.4 is 10.9 Å². The highest BCUT2D eigenvalue weighted by Gasteiger charge is 2.19. The predicted molar refractivity (Wildman–Crippen MR) is 107 cm³/mol. The number of hydrogen-bond acceptors (Lipinski definition) is 6. The number of benzene rings is 1. The van der Waals surface area contributed by atoms with E-state index in [0.717, 1.165) is 17.8 Å². The van der Waals surface area contributed by atoms with Gasteiger partial charge in [-0.1, -0.05) is 31.2 Å². The van der Waals surface area contributed by atoms with Crippen molar-refractivity contribution in [3.63, 3.8) is 0 Å². The number of aromatic nitrogens is 3. The summed E-state index contributed by atoms with van der Waals surface area (Å²) in [5.74, 6) is -0.255. The van der Waals surface area contributed by atoms with Crippen LogP contribution in [0.25, 0.3) is 10.9 Å².